The molecule has 1 spiro atoms. The van der Waals surface area contributed by atoms with Crippen molar-refractivity contribution in [3.05, 3.63) is 65.5 Å². The Morgan fingerprint density at radius 3 is 2.56 bits per heavy atom. The average molecular weight is 451 g/mol. The van der Waals surface area contributed by atoms with E-state index in [0.717, 1.165) is 12.1 Å². The SMILES string of the molecule is O=C(O)CN1CCC2(C=C(c3ccc(OC(F)(F)CF)c(F)c3)c3ccccc3O2)CC1. The van der Waals surface area contributed by atoms with Crippen LogP contribution in [0.3, 0.4) is 0 Å². The zero-order valence-corrected chi connectivity index (χ0v) is 17.0. The monoisotopic (exact) mass is 451 g/mol. The Hall–Kier alpha value is -3.07. The fourth-order valence-corrected chi connectivity index (χ4v) is 4.07. The second kappa shape index (κ2) is 8.46. The van der Waals surface area contributed by atoms with Crippen LogP contribution in [0, 0.1) is 5.82 Å². The predicted molar refractivity (Wildman–Crippen MR) is 108 cm³/mol. The highest BCUT2D eigenvalue weighted by Crippen LogP contribution is 2.43. The van der Waals surface area contributed by atoms with Gasteiger partial charge in [0.05, 0.1) is 6.54 Å². The number of ether oxygens (including phenoxy) is 2. The smallest absolute Gasteiger partial charge is 0.427 e. The van der Waals surface area contributed by atoms with Crippen LogP contribution >= 0.6 is 0 Å². The van der Waals surface area contributed by atoms with Gasteiger partial charge >= 0.3 is 12.1 Å². The summed E-state index contributed by atoms with van der Waals surface area (Å²) in [5, 5.41) is 9.02. The van der Waals surface area contributed by atoms with Crippen molar-refractivity contribution in [3.8, 4) is 11.5 Å². The molecule has 1 fully saturated rings. The van der Waals surface area contributed by atoms with E-state index in [9.17, 15) is 22.4 Å². The Morgan fingerprint density at radius 2 is 1.91 bits per heavy atom. The van der Waals surface area contributed by atoms with E-state index >= 15 is 0 Å². The molecule has 4 rings (SSSR count). The van der Waals surface area contributed by atoms with Crippen LogP contribution < -0.4 is 9.47 Å². The first-order valence-electron chi connectivity index (χ1n) is 10.1. The third kappa shape index (κ3) is 4.57. The molecule has 0 radical (unpaired) electrons. The average Bonchev–Trinajstić information content (AvgIpc) is 2.76. The Balaban J connectivity index is 1.67. The van der Waals surface area contributed by atoms with Crippen LogP contribution in [0.5, 0.6) is 11.5 Å². The normalized spacial score (nSPS) is 17.9. The lowest BCUT2D eigenvalue weighted by molar-refractivity contribution is -0.187. The zero-order chi connectivity index (χ0) is 22.9. The van der Waals surface area contributed by atoms with Gasteiger partial charge in [-0.2, -0.15) is 8.78 Å². The first kappa shape index (κ1) is 22.1. The largest absolute Gasteiger partial charge is 0.482 e. The molecular formula is C23H21F4NO4. The summed E-state index contributed by atoms with van der Waals surface area (Å²) in [6.45, 7) is -1.10. The minimum absolute atomic E-state index is 0.0561. The fourth-order valence-electron chi connectivity index (χ4n) is 4.07. The number of halogens is 4. The standard InChI is InChI=1S/C23H21F4NO4/c24-14-23(26,27)32-20-6-5-15(11-18(20)25)17-12-22(31-19-4-2-1-3-16(17)19)7-9-28(10-8-22)13-21(29)30/h1-6,11-12H,7-10,13-14H2,(H,29,30). The molecule has 0 aliphatic carbocycles. The van der Waals surface area contributed by atoms with Crippen molar-refractivity contribution < 1.29 is 36.9 Å². The van der Waals surface area contributed by atoms with Crippen LogP contribution in [-0.2, 0) is 4.79 Å². The summed E-state index contributed by atoms with van der Waals surface area (Å²) in [7, 11) is 0. The lowest BCUT2D eigenvalue weighted by Gasteiger charge is -2.42. The first-order valence-corrected chi connectivity index (χ1v) is 10.1. The highest BCUT2D eigenvalue weighted by atomic mass is 19.3. The minimum atomic E-state index is -4.11. The summed E-state index contributed by atoms with van der Waals surface area (Å²) in [5.74, 6) is -2.08. The van der Waals surface area contributed by atoms with Gasteiger partial charge in [0.1, 0.15) is 11.4 Å². The Kier molecular flexibility index (Phi) is 5.85. The lowest BCUT2D eigenvalue weighted by Crippen LogP contribution is -2.49. The Bertz CT molecular complexity index is 1050. The van der Waals surface area contributed by atoms with Crippen molar-refractivity contribution >= 4 is 11.5 Å². The first-order chi connectivity index (χ1) is 15.2. The van der Waals surface area contributed by atoms with Crippen molar-refractivity contribution in [2.45, 2.75) is 24.6 Å². The van der Waals surface area contributed by atoms with Crippen molar-refractivity contribution in [1.29, 1.82) is 0 Å². The summed E-state index contributed by atoms with van der Waals surface area (Å²) in [4.78, 5) is 12.8. The second-order valence-electron chi connectivity index (χ2n) is 7.91. The number of piperidine rings is 1. The number of para-hydroxylation sites is 1. The third-order valence-electron chi connectivity index (χ3n) is 5.62. The maximum atomic E-state index is 14.6. The fraction of sp³-hybridized carbons (Fsp3) is 0.348. The molecule has 2 aromatic rings. The maximum Gasteiger partial charge on any atom is 0.427 e. The molecule has 2 heterocycles. The van der Waals surface area contributed by atoms with E-state index in [0.29, 0.717) is 48.4 Å². The highest BCUT2D eigenvalue weighted by Gasteiger charge is 2.39. The highest BCUT2D eigenvalue weighted by molar-refractivity contribution is 5.85. The topological polar surface area (TPSA) is 59.0 Å². The van der Waals surface area contributed by atoms with Gasteiger partial charge in [-0.1, -0.05) is 24.3 Å². The molecule has 0 unspecified atom stereocenters. The number of rotatable bonds is 6. The van der Waals surface area contributed by atoms with Crippen molar-refractivity contribution in [3.63, 3.8) is 0 Å². The number of hydrogen-bond donors (Lipinski definition) is 1. The summed E-state index contributed by atoms with van der Waals surface area (Å²) in [6.07, 6.45) is -1.16. The van der Waals surface area contributed by atoms with Crippen LogP contribution in [-0.4, -0.2) is 54.0 Å². The minimum Gasteiger partial charge on any atom is -0.482 e. The molecule has 32 heavy (non-hydrogen) atoms. The van der Waals surface area contributed by atoms with Crippen LogP contribution in [0.15, 0.2) is 48.5 Å². The molecule has 0 amide bonds. The van der Waals surface area contributed by atoms with Gasteiger partial charge in [0, 0.05) is 31.5 Å². The molecule has 0 aromatic heterocycles. The molecule has 2 aliphatic heterocycles. The number of likely N-dealkylation sites (tertiary alicyclic amines) is 1. The number of hydrogen-bond acceptors (Lipinski definition) is 4. The molecule has 1 saturated heterocycles. The van der Waals surface area contributed by atoms with E-state index in [1.165, 1.54) is 6.07 Å². The van der Waals surface area contributed by atoms with Crippen LogP contribution in [0.1, 0.15) is 24.0 Å². The zero-order valence-electron chi connectivity index (χ0n) is 17.0. The molecule has 0 saturated carbocycles. The number of fused-ring (bicyclic) bond motifs is 1. The number of benzene rings is 2. The van der Waals surface area contributed by atoms with Gasteiger partial charge in [0.25, 0.3) is 0 Å². The number of carboxylic acid groups (broad SMARTS) is 1. The third-order valence-corrected chi connectivity index (χ3v) is 5.62. The summed E-state index contributed by atoms with van der Waals surface area (Å²) < 4.78 is 63.8. The van der Waals surface area contributed by atoms with Crippen molar-refractivity contribution in [2.24, 2.45) is 0 Å². The number of aliphatic carboxylic acids is 1. The van der Waals surface area contributed by atoms with Gasteiger partial charge in [-0.25, -0.2) is 8.78 Å². The van der Waals surface area contributed by atoms with Gasteiger partial charge in [-0.15, -0.1) is 0 Å². The molecule has 2 aromatic carbocycles. The molecular weight excluding hydrogens is 430 g/mol. The lowest BCUT2D eigenvalue weighted by atomic mass is 9.83. The molecule has 170 valence electrons. The van der Waals surface area contributed by atoms with Crippen molar-refractivity contribution in [2.75, 3.05) is 26.3 Å². The second-order valence-corrected chi connectivity index (χ2v) is 7.91. The van der Waals surface area contributed by atoms with Gasteiger partial charge in [-0.3, -0.25) is 9.69 Å². The van der Waals surface area contributed by atoms with Crippen LogP contribution in [0.25, 0.3) is 5.57 Å². The van der Waals surface area contributed by atoms with E-state index in [2.05, 4.69) is 4.74 Å². The van der Waals surface area contributed by atoms with Crippen LogP contribution in [0.2, 0.25) is 0 Å². The number of carboxylic acids is 1. The molecule has 0 atom stereocenters. The van der Waals surface area contributed by atoms with Crippen LogP contribution in [0.4, 0.5) is 17.6 Å². The van der Waals surface area contributed by atoms with Gasteiger partial charge < -0.3 is 14.6 Å². The van der Waals surface area contributed by atoms with E-state index in [1.54, 1.807) is 12.1 Å². The Labute approximate surface area is 181 Å². The molecule has 0 bridgehead atoms. The van der Waals surface area contributed by atoms with E-state index in [-0.39, 0.29) is 6.54 Å². The summed E-state index contributed by atoms with van der Waals surface area (Å²) in [5.41, 5.74) is 1.11. The predicted octanol–water partition coefficient (Wildman–Crippen LogP) is 4.51. The van der Waals surface area contributed by atoms with E-state index in [4.69, 9.17) is 9.84 Å². The molecule has 5 nitrogen and oxygen atoms in total. The van der Waals surface area contributed by atoms with Gasteiger partial charge in [0.2, 0.25) is 0 Å². The number of alkyl halides is 3. The van der Waals surface area contributed by atoms with E-state index < -0.39 is 35.9 Å². The molecule has 9 heteroatoms. The number of carbonyl (C=O) groups is 1. The van der Waals surface area contributed by atoms with Crippen molar-refractivity contribution in [1.82, 2.24) is 4.90 Å². The molecule has 1 N–H and O–H groups in total. The van der Waals surface area contributed by atoms with Gasteiger partial charge in [-0.05, 0) is 35.4 Å². The van der Waals surface area contributed by atoms with Gasteiger partial charge in [0.15, 0.2) is 18.2 Å². The van der Waals surface area contributed by atoms with E-state index in [1.807, 2.05) is 23.1 Å². The maximum absolute atomic E-state index is 14.6. The quantitative estimate of drug-likeness (QED) is 0.655. The Morgan fingerprint density at radius 1 is 1.19 bits per heavy atom. The number of nitrogens with zero attached hydrogens (tertiary/aromatic N) is 1. The summed E-state index contributed by atoms with van der Waals surface area (Å²) >= 11 is 0. The summed E-state index contributed by atoms with van der Waals surface area (Å²) in [6, 6.07) is 10.8. The molecule has 2 aliphatic rings.